The number of pyridine rings is 1. The summed E-state index contributed by atoms with van der Waals surface area (Å²) in [4.78, 5) is 4.37. The molecule has 27 heavy (non-hydrogen) atoms. The number of nitrogens with one attached hydrogen (secondary N) is 1. The number of halogens is 1. The molecule has 0 spiro atoms. The fraction of sp³-hybridized carbons (Fsp3) is 0.0500. The number of hydrogen-bond donors (Lipinski definition) is 2. The van der Waals surface area contributed by atoms with Gasteiger partial charge in [0, 0.05) is 24.0 Å². The summed E-state index contributed by atoms with van der Waals surface area (Å²) < 4.78 is 26.0. The van der Waals surface area contributed by atoms with Crippen molar-refractivity contribution in [3.05, 3.63) is 66.6 Å². The van der Waals surface area contributed by atoms with Crippen LogP contribution in [0.1, 0.15) is 0 Å². The molecule has 0 atom stereocenters. The van der Waals surface area contributed by atoms with E-state index in [9.17, 15) is 4.39 Å². The average Bonchev–Trinajstić information content (AvgIpc) is 3.08. The topological polar surface area (TPSA) is 69.4 Å². The first-order valence-corrected chi connectivity index (χ1v) is 8.97. The highest BCUT2D eigenvalue weighted by atomic mass is 32.1. The van der Waals surface area contributed by atoms with E-state index < -0.39 is 5.82 Å². The fourth-order valence-electron chi connectivity index (χ4n) is 2.66. The number of anilines is 3. The third kappa shape index (κ3) is 3.50. The molecule has 0 saturated heterocycles. The van der Waals surface area contributed by atoms with Gasteiger partial charge in [-0.2, -0.15) is 0 Å². The minimum absolute atomic E-state index is 0.115. The molecule has 2 aromatic heterocycles. The van der Waals surface area contributed by atoms with Crippen LogP contribution in [0.2, 0.25) is 0 Å². The molecular weight excluding hydrogens is 365 g/mol. The van der Waals surface area contributed by atoms with E-state index in [0.29, 0.717) is 11.4 Å². The summed E-state index contributed by atoms with van der Waals surface area (Å²) in [5.74, 6) is 0.873. The van der Waals surface area contributed by atoms with Crippen LogP contribution in [-0.2, 0) is 0 Å². The number of fused-ring (bicyclic) bond motifs is 1. The molecule has 0 unspecified atom stereocenters. The van der Waals surface area contributed by atoms with Gasteiger partial charge in [-0.25, -0.2) is 4.39 Å². The van der Waals surface area contributed by atoms with E-state index in [1.165, 1.54) is 23.5 Å². The lowest BCUT2D eigenvalue weighted by Crippen LogP contribution is -1.92. The molecule has 7 heteroatoms. The van der Waals surface area contributed by atoms with E-state index in [4.69, 9.17) is 15.2 Å². The molecular formula is C20H16FN3O2S. The van der Waals surface area contributed by atoms with Crippen molar-refractivity contribution in [2.45, 2.75) is 0 Å². The zero-order chi connectivity index (χ0) is 18.8. The van der Waals surface area contributed by atoms with Gasteiger partial charge >= 0.3 is 0 Å². The van der Waals surface area contributed by atoms with Gasteiger partial charge in [0.1, 0.15) is 11.5 Å². The van der Waals surface area contributed by atoms with Crippen LogP contribution < -0.4 is 20.5 Å². The van der Waals surface area contributed by atoms with Gasteiger partial charge in [0.15, 0.2) is 11.6 Å². The number of nitrogen functional groups attached to an aromatic ring is 1. The molecule has 0 saturated carbocycles. The SMILES string of the molecule is COc1ccccc1Nc1cc2nccc(Oc3ccc(N)cc3F)c2s1. The number of ether oxygens (including phenoxy) is 2. The van der Waals surface area contributed by atoms with Crippen molar-refractivity contribution in [2.75, 3.05) is 18.2 Å². The largest absolute Gasteiger partial charge is 0.495 e. The maximum Gasteiger partial charge on any atom is 0.167 e. The summed E-state index contributed by atoms with van der Waals surface area (Å²) in [6.45, 7) is 0. The van der Waals surface area contributed by atoms with Crippen LogP contribution >= 0.6 is 11.3 Å². The van der Waals surface area contributed by atoms with Gasteiger partial charge in [0.05, 0.1) is 28.0 Å². The van der Waals surface area contributed by atoms with Gasteiger partial charge in [-0.1, -0.05) is 12.1 Å². The van der Waals surface area contributed by atoms with E-state index in [2.05, 4.69) is 10.3 Å². The van der Waals surface area contributed by atoms with Gasteiger partial charge in [-0.3, -0.25) is 4.98 Å². The van der Waals surface area contributed by atoms with E-state index in [0.717, 1.165) is 26.7 Å². The highest BCUT2D eigenvalue weighted by Crippen LogP contribution is 2.40. The molecule has 0 amide bonds. The second kappa shape index (κ2) is 7.13. The lowest BCUT2D eigenvalue weighted by molar-refractivity contribution is 0.417. The molecule has 2 aromatic carbocycles. The van der Waals surface area contributed by atoms with Crippen LogP contribution in [0.25, 0.3) is 10.2 Å². The number of methoxy groups -OCH3 is 1. The van der Waals surface area contributed by atoms with Crippen molar-refractivity contribution in [3.8, 4) is 17.2 Å². The van der Waals surface area contributed by atoms with E-state index in [1.807, 2.05) is 30.3 Å². The molecule has 0 aliphatic carbocycles. The summed E-state index contributed by atoms with van der Waals surface area (Å²) in [5, 5.41) is 4.20. The van der Waals surface area contributed by atoms with Crippen molar-refractivity contribution in [1.29, 1.82) is 0 Å². The Morgan fingerprint density at radius 3 is 2.70 bits per heavy atom. The second-order valence-corrected chi connectivity index (χ2v) is 6.80. The summed E-state index contributed by atoms with van der Waals surface area (Å²) in [6.07, 6.45) is 1.63. The first-order chi connectivity index (χ1) is 13.1. The maximum atomic E-state index is 14.1. The lowest BCUT2D eigenvalue weighted by Gasteiger charge is -2.09. The van der Waals surface area contributed by atoms with Crippen molar-refractivity contribution in [2.24, 2.45) is 0 Å². The van der Waals surface area contributed by atoms with Gasteiger partial charge in [0.25, 0.3) is 0 Å². The number of aromatic nitrogens is 1. The van der Waals surface area contributed by atoms with Crippen LogP contribution in [0.4, 0.5) is 20.8 Å². The molecule has 0 radical (unpaired) electrons. The molecule has 0 aliphatic rings. The number of hydrogen-bond acceptors (Lipinski definition) is 6. The highest BCUT2D eigenvalue weighted by Gasteiger charge is 2.13. The normalized spacial score (nSPS) is 10.7. The zero-order valence-corrected chi connectivity index (χ0v) is 15.2. The number of rotatable bonds is 5. The van der Waals surface area contributed by atoms with Gasteiger partial charge in [-0.15, -0.1) is 11.3 Å². The van der Waals surface area contributed by atoms with E-state index in [1.54, 1.807) is 25.4 Å². The van der Waals surface area contributed by atoms with E-state index in [-0.39, 0.29) is 5.75 Å². The number of para-hydroxylation sites is 2. The molecule has 3 N–H and O–H groups in total. The molecule has 136 valence electrons. The second-order valence-electron chi connectivity index (χ2n) is 5.75. The quantitative estimate of drug-likeness (QED) is 0.443. The number of nitrogens with zero attached hydrogens (tertiary/aromatic N) is 1. The number of nitrogens with two attached hydrogens (primary N) is 1. The Kier molecular flexibility index (Phi) is 4.52. The Morgan fingerprint density at radius 1 is 1.04 bits per heavy atom. The molecule has 0 aliphatic heterocycles. The van der Waals surface area contributed by atoms with Crippen LogP contribution in [0, 0.1) is 5.82 Å². The fourth-order valence-corrected chi connectivity index (χ4v) is 3.63. The Hall–Kier alpha value is -3.32. The summed E-state index contributed by atoms with van der Waals surface area (Å²) in [7, 11) is 1.63. The molecule has 4 aromatic rings. The van der Waals surface area contributed by atoms with E-state index >= 15 is 0 Å². The van der Waals surface area contributed by atoms with Crippen LogP contribution in [0.15, 0.2) is 60.8 Å². The van der Waals surface area contributed by atoms with Crippen molar-refractivity contribution >= 4 is 37.9 Å². The van der Waals surface area contributed by atoms with Gasteiger partial charge in [-0.05, 0) is 30.3 Å². The molecule has 4 rings (SSSR count). The van der Waals surface area contributed by atoms with Crippen LogP contribution in [0.5, 0.6) is 17.2 Å². The van der Waals surface area contributed by atoms with Gasteiger partial charge < -0.3 is 20.5 Å². The van der Waals surface area contributed by atoms with Gasteiger partial charge in [0.2, 0.25) is 0 Å². The predicted octanol–water partition coefficient (Wildman–Crippen LogP) is 5.56. The standard InChI is InChI=1S/C20H16FN3O2S/c1-25-17-5-3-2-4-14(17)24-19-11-15-20(27-19)18(8-9-23-15)26-16-7-6-12(22)10-13(16)21/h2-11,24H,22H2,1H3. The first kappa shape index (κ1) is 17.1. The zero-order valence-electron chi connectivity index (χ0n) is 14.4. The summed E-state index contributed by atoms with van der Waals surface area (Å²) >= 11 is 1.46. The summed E-state index contributed by atoms with van der Waals surface area (Å²) in [5.41, 5.74) is 7.54. The first-order valence-electron chi connectivity index (χ1n) is 8.15. The Bertz CT molecular complexity index is 1110. The lowest BCUT2D eigenvalue weighted by atomic mass is 10.3. The van der Waals surface area contributed by atoms with Crippen molar-refractivity contribution < 1.29 is 13.9 Å². The molecule has 5 nitrogen and oxygen atoms in total. The number of benzene rings is 2. The van der Waals surface area contributed by atoms with Crippen LogP contribution in [0.3, 0.4) is 0 Å². The van der Waals surface area contributed by atoms with Crippen molar-refractivity contribution in [3.63, 3.8) is 0 Å². The third-order valence-electron chi connectivity index (χ3n) is 3.92. The van der Waals surface area contributed by atoms with Crippen molar-refractivity contribution in [1.82, 2.24) is 4.98 Å². The highest BCUT2D eigenvalue weighted by molar-refractivity contribution is 7.23. The average molecular weight is 381 g/mol. The van der Waals surface area contributed by atoms with Crippen LogP contribution in [-0.4, -0.2) is 12.1 Å². The smallest absolute Gasteiger partial charge is 0.167 e. The molecule has 2 heterocycles. The summed E-state index contributed by atoms with van der Waals surface area (Å²) in [6, 6.07) is 15.6. The Labute approximate surface area is 159 Å². The minimum atomic E-state index is -0.510. The Balaban J connectivity index is 1.68. The molecule has 0 bridgehead atoms. The molecule has 0 fully saturated rings. The Morgan fingerprint density at radius 2 is 1.89 bits per heavy atom. The predicted molar refractivity (Wildman–Crippen MR) is 107 cm³/mol. The minimum Gasteiger partial charge on any atom is -0.495 e. The third-order valence-corrected chi connectivity index (χ3v) is 4.97. The monoisotopic (exact) mass is 381 g/mol. The number of thiophene rings is 1. The maximum absolute atomic E-state index is 14.1.